The quantitative estimate of drug-likeness (QED) is 0.113. The van der Waals surface area contributed by atoms with E-state index in [-0.39, 0.29) is 111 Å². The Morgan fingerprint density at radius 3 is 1.94 bits per heavy atom. The molecule has 0 unspecified atom stereocenters. The summed E-state index contributed by atoms with van der Waals surface area (Å²) in [6.07, 6.45) is 17.5. The van der Waals surface area contributed by atoms with Gasteiger partial charge in [0.1, 0.15) is 0 Å². The first-order chi connectivity index (χ1) is 24.6. The molecular formula is C42H56ClFK2N2O3. The van der Waals surface area contributed by atoms with Crippen LogP contribution in [0, 0.1) is 11.8 Å². The zero-order valence-electron chi connectivity index (χ0n) is 32.9. The molecule has 8 rings (SSSR count). The van der Waals surface area contributed by atoms with Crippen LogP contribution < -0.4 is 113 Å². The second-order valence-electron chi connectivity index (χ2n) is 13.6. The Bertz CT molecular complexity index is 1520. The van der Waals surface area contributed by atoms with E-state index in [0.29, 0.717) is 5.88 Å². The van der Waals surface area contributed by atoms with E-state index in [1.54, 1.807) is 0 Å². The van der Waals surface area contributed by atoms with Crippen molar-refractivity contribution in [1.82, 2.24) is 10.2 Å². The molecule has 4 aromatic rings. The maximum absolute atomic E-state index is 9.96. The number of rotatable bonds is 4. The average molecular weight is 771 g/mol. The summed E-state index contributed by atoms with van der Waals surface area (Å²) in [4.78, 5) is 14.0. The van der Waals surface area contributed by atoms with Crippen molar-refractivity contribution >= 4 is 39.6 Å². The van der Waals surface area contributed by atoms with E-state index in [1.807, 2.05) is 18.2 Å². The Balaban J connectivity index is 0.000000377. The van der Waals surface area contributed by atoms with E-state index in [1.165, 1.54) is 123 Å². The third kappa shape index (κ3) is 15.0. The molecule has 0 radical (unpaired) electrons. The van der Waals surface area contributed by atoms with Crippen LogP contribution in [-0.2, 0) is 22.1 Å². The van der Waals surface area contributed by atoms with E-state index in [0.717, 1.165) is 30.5 Å². The fourth-order valence-electron chi connectivity index (χ4n) is 8.46. The van der Waals surface area contributed by atoms with Crippen LogP contribution in [0.3, 0.4) is 0 Å². The molecular weight excluding hydrogens is 713 g/mol. The monoisotopic (exact) mass is 769 g/mol. The minimum Gasteiger partial charge on any atom is -1.00 e. The van der Waals surface area contributed by atoms with Crippen molar-refractivity contribution in [3.05, 3.63) is 96.1 Å². The van der Waals surface area contributed by atoms with Gasteiger partial charge in [-0.1, -0.05) is 111 Å². The zero-order valence-corrected chi connectivity index (χ0v) is 37.9. The maximum atomic E-state index is 9.96. The van der Waals surface area contributed by atoms with E-state index in [2.05, 4.69) is 81.8 Å². The van der Waals surface area contributed by atoms with Gasteiger partial charge in [0.2, 0.25) is 0 Å². The molecule has 4 atom stereocenters. The molecule has 9 heteroatoms. The SMILES string of the molecule is C1CC[C@@H]2NCCC[C@H]2C1.ClCc1cccc2ccccc12.O=CO[O-].[2H]CF.[H-].[K+].[K+].c1ccc2c(CN3CCC[C@H]4CCCC[C@@H]43)cccc2c1. The molecule has 0 bridgehead atoms. The molecule has 2 saturated heterocycles. The first-order valence-electron chi connectivity index (χ1n) is 18.9. The van der Waals surface area contributed by atoms with Gasteiger partial charge in [0, 0.05) is 24.5 Å². The number of likely N-dealkylation sites (tertiary alicyclic amines) is 1. The Morgan fingerprint density at radius 1 is 0.804 bits per heavy atom. The van der Waals surface area contributed by atoms with Crippen LogP contribution in [-0.4, -0.2) is 43.7 Å². The first-order valence-corrected chi connectivity index (χ1v) is 18.7. The molecule has 4 aliphatic rings. The van der Waals surface area contributed by atoms with Gasteiger partial charge in [-0.25, -0.2) is 0 Å². The van der Waals surface area contributed by atoms with Crippen molar-refractivity contribution in [2.45, 2.75) is 102 Å². The molecule has 1 N–H and O–H groups in total. The first kappa shape index (κ1) is 45.6. The molecule has 0 spiro atoms. The van der Waals surface area contributed by atoms with Gasteiger partial charge in [0.25, 0.3) is 6.47 Å². The molecule has 4 fully saturated rings. The topological polar surface area (TPSA) is 64.6 Å². The molecule has 4 aromatic carbocycles. The molecule has 2 saturated carbocycles. The van der Waals surface area contributed by atoms with Gasteiger partial charge in [-0.15, -0.1) is 11.6 Å². The Kier molecular flexibility index (Phi) is 24.8. The van der Waals surface area contributed by atoms with Gasteiger partial charge in [0.05, 0.1) is 8.52 Å². The number of nitrogens with zero attached hydrogens (tertiary/aromatic N) is 1. The third-order valence-electron chi connectivity index (χ3n) is 10.7. The normalized spacial score (nSPS) is 22.2. The predicted octanol–water partition coefficient (Wildman–Crippen LogP) is 3.64. The fourth-order valence-corrected chi connectivity index (χ4v) is 8.69. The van der Waals surface area contributed by atoms with Gasteiger partial charge < -0.3 is 16.9 Å². The van der Waals surface area contributed by atoms with E-state index < -0.39 is 7.15 Å². The number of carbonyl (C=O) groups is 1. The molecule has 268 valence electrons. The second kappa shape index (κ2) is 27.8. The molecule has 0 aromatic heterocycles. The summed E-state index contributed by atoms with van der Waals surface area (Å²) in [5.74, 6) is 2.60. The number of fused-ring (bicyclic) bond motifs is 4. The minimum atomic E-state index is -1.00. The molecule has 0 amide bonds. The van der Waals surface area contributed by atoms with Crippen molar-refractivity contribution < 1.29 is 125 Å². The number of piperidine rings is 2. The van der Waals surface area contributed by atoms with E-state index in [4.69, 9.17) is 23.0 Å². The fraction of sp³-hybridized carbons (Fsp3) is 0.500. The molecule has 5 nitrogen and oxygen atoms in total. The molecule has 2 heterocycles. The van der Waals surface area contributed by atoms with Crippen LogP contribution in [0.5, 0.6) is 0 Å². The number of hydrogen-bond acceptors (Lipinski definition) is 5. The molecule has 2 aliphatic heterocycles. The van der Waals surface area contributed by atoms with Crippen molar-refractivity contribution in [2.24, 2.45) is 11.8 Å². The number of benzene rings is 4. The van der Waals surface area contributed by atoms with Crippen molar-refractivity contribution in [2.75, 3.05) is 20.2 Å². The van der Waals surface area contributed by atoms with Gasteiger partial charge in [-0.3, -0.25) is 14.1 Å². The standard InChI is InChI=1S/C20H25N.C11H9Cl.C9H17N.CH3F.CH2O3.2K.H/c1-3-12-19-16(7-1)9-5-10-18(19)15-21-14-6-11-17-8-2-4-13-20(17)21;12-8-10-6-3-5-9-4-1-2-7-11(9)10;1-2-6-9-8(4-1)5-3-7-10-9;1-2;2-1-4-3;;;/h1,3,5,7,9-10,12,17,20H,2,4,6,8,11,13-15H2;1-7H,8H2;8-10H,1-7H2;1H3;1,3H;;;/q;;;;;2*+1;-1/p-1/t17-,20+;;8-,9+;;;;;/m1.1...../s1/i;;;1D;;;;. The summed E-state index contributed by atoms with van der Waals surface area (Å²) in [6.45, 7) is 3.54. The Labute approximate surface area is 398 Å². The van der Waals surface area contributed by atoms with E-state index in [9.17, 15) is 4.39 Å². The summed E-state index contributed by atoms with van der Waals surface area (Å²) in [5, 5.41) is 17.4. The Morgan fingerprint density at radius 2 is 1.31 bits per heavy atom. The smallest absolute Gasteiger partial charge is 1.00 e. The van der Waals surface area contributed by atoms with Crippen molar-refractivity contribution in [3.8, 4) is 0 Å². The Hall–Kier alpha value is 0.243. The average Bonchev–Trinajstić information content (AvgIpc) is 3.19. The van der Waals surface area contributed by atoms with Crippen LogP contribution in [0.2, 0.25) is 0 Å². The van der Waals surface area contributed by atoms with E-state index >= 15 is 0 Å². The number of alkyl halides is 2. The van der Waals surface area contributed by atoms with Crippen LogP contribution in [0.15, 0.2) is 84.9 Å². The summed E-state index contributed by atoms with van der Waals surface area (Å²) in [6, 6.07) is 31.9. The van der Waals surface area contributed by atoms with Crippen molar-refractivity contribution in [3.63, 3.8) is 0 Å². The van der Waals surface area contributed by atoms with Crippen molar-refractivity contribution in [1.29, 1.82) is 0 Å². The molecule has 51 heavy (non-hydrogen) atoms. The minimum absolute atomic E-state index is 0. The van der Waals surface area contributed by atoms with Gasteiger partial charge in [-0.05, 0) is 109 Å². The summed E-state index contributed by atoms with van der Waals surface area (Å²) in [5.41, 5.74) is 2.72. The number of carbonyl (C=O) groups excluding carboxylic acids is 1. The predicted molar refractivity (Wildman–Crippen MR) is 201 cm³/mol. The third-order valence-corrected chi connectivity index (χ3v) is 11.0. The molecule has 2 aliphatic carbocycles. The summed E-state index contributed by atoms with van der Waals surface area (Å²) < 4.78 is 15.5. The van der Waals surface area contributed by atoms with Crippen LogP contribution in [0.4, 0.5) is 4.39 Å². The van der Waals surface area contributed by atoms with Gasteiger partial charge in [-0.2, -0.15) is 0 Å². The summed E-state index contributed by atoms with van der Waals surface area (Å²) >= 11 is 5.81. The van der Waals surface area contributed by atoms with Gasteiger partial charge in [0.15, 0.2) is 0 Å². The number of nitrogens with one attached hydrogen (secondary N) is 1. The maximum Gasteiger partial charge on any atom is 1.00 e. The van der Waals surface area contributed by atoms with Crippen LogP contribution >= 0.6 is 11.6 Å². The largest absolute Gasteiger partial charge is 1.00 e. The van der Waals surface area contributed by atoms with Crippen LogP contribution in [0.25, 0.3) is 21.5 Å². The van der Waals surface area contributed by atoms with Crippen LogP contribution in [0.1, 0.15) is 91.0 Å². The van der Waals surface area contributed by atoms with Gasteiger partial charge >= 0.3 is 103 Å². The second-order valence-corrected chi connectivity index (χ2v) is 13.8. The number of hydrogen-bond donors (Lipinski definition) is 1. The zero-order chi connectivity index (χ0) is 35.4. The summed E-state index contributed by atoms with van der Waals surface area (Å²) in [7, 11) is -1.00. The number of halogens is 2.